The molecule has 0 spiro atoms. The van der Waals surface area contributed by atoms with Crippen LogP contribution in [0.25, 0.3) is 0 Å². The zero-order chi connectivity index (χ0) is 92.1. The second-order valence-corrected chi connectivity index (χ2v) is 29.4. The summed E-state index contributed by atoms with van der Waals surface area (Å²) in [5.41, 5.74) is 6.88. The molecule has 0 bridgehead atoms. The molecule has 716 valence electrons. The lowest BCUT2D eigenvalue weighted by atomic mass is 9.95. The van der Waals surface area contributed by atoms with Gasteiger partial charge in [-0.1, -0.05) is 38.2 Å². The minimum atomic E-state index is -2.05. The number of imide groups is 1. The second-order valence-electron chi connectivity index (χ2n) is 29.4. The number of anilines is 3. The maximum Gasteiger partial charge on any atom is 0.411 e. The van der Waals surface area contributed by atoms with Crippen molar-refractivity contribution in [3.8, 4) is 5.75 Å². The number of benzene rings is 2. The maximum atomic E-state index is 14.0. The second kappa shape index (κ2) is 65.0. The lowest BCUT2D eigenvalue weighted by molar-refractivity contribution is -0.271. The normalized spacial score (nSPS) is 16.7. The largest absolute Gasteiger partial charge is 0.479 e. The summed E-state index contributed by atoms with van der Waals surface area (Å²) in [4.78, 5) is 157. The molecule has 2 aliphatic heterocycles. The van der Waals surface area contributed by atoms with E-state index in [-0.39, 0.29) is 124 Å². The number of unbranched alkanes of at least 4 members (excludes halogenated alkanes) is 4. The number of carboxylic acid groups (broad SMARTS) is 1. The van der Waals surface area contributed by atoms with Gasteiger partial charge in [-0.3, -0.25) is 58.4 Å². The fourth-order valence-corrected chi connectivity index (χ4v) is 12.8. The van der Waals surface area contributed by atoms with Crippen LogP contribution in [0.4, 0.5) is 26.7 Å². The Morgan fingerprint density at radius 1 is 0.555 bits per heavy atom. The zero-order valence-corrected chi connectivity index (χ0v) is 73.1. The van der Waals surface area contributed by atoms with Crippen LogP contribution in [0.2, 0.25) is 0 Å². The molecule has 128 heavy (non-hydrogen) atoms. The van der Waals surface area contributed by atoms with Gasteiger partial charge in [-0.15, -0.1) is 0 Å². The Morgan fingerprint density at radius 2 is 1.11 bits per heavy atom. The van der Waals surface area contributed by atoms with Gasteiger partial charge in [0.2, 0.25) is 35.8 Å². The molecule has 13 N–H and O–H groups in total. The number of rotatable bonds is 70. The van der Waals surface area contributed by atoms with Crippen LogP contribution < -0.4 is 47.7 Å². The van der Waals surface area contributed by atoms with Crippen LogP contribution in [0.1, 0.15) is 112 Å². The number of aliphatic hydroxyl groups is 3. The number of urea groups is 1. The van der Waals surface area contributed by atoms with E-state index in [0.29, 0.717) is 162 Å². The van der Waals surface area contributed by atoms with Gasteiger partial charge in [0.05, 0.1) is 170 Å². The Balaban J connectivity index is 0.885. The summed E-state index contributed by atoms with van der Waals surface area (Å²) in [6, 6.07) is 9.92. The summed E-state index contributed by atoms with van der Waals surface area (Å²) in [7, 11) is 3.19. The van der Waals surface area contributed by atoms with Crippen LogP contribution in [0, 0.1) is 0 Å². The van der Waals surface area contributed by atoms with E-state index in [1.807, 2.05) is 0 Å². The fourth-order valence-electron chi connectivity index (χ4n) is 12.8. The molecule has 1 saturated carbocycles. The lowest BCUT2D eigenvalue weighted by Gasteiger charge is -2.38. The molecular weight excluding hydrogens is 1680 g/mol. The van der Waals surface area contributed by atoms with Gasteiger partial charge >= 0.3 is 18.1 Å². The number of amides is 11. The molecule has 0 radical (unpaired) electrons. The number of nitrogens with zero attached hydrogens (tertiary/aromatic N) is 4. The van der Waals surface area contributed by atoms with Gasteiger partial charge in [-0.05, 0) is 87.4 Å². The number of nitrogens with one attached hydrogen (secondary N) is 7. The van der Waals surface area contributed by atoms with Crippen LogP contribution in [0.5, 0.6) is 5.75 Å². The quantitative estimate of drug-likeness (QED) is 0.0217. The summed E-state index contributed by atoms with van der Waals surface area (Å²) >= 11 is 0. The number of aliphatic carboxylic acids is 1. The molecular formula is C85H130N12O31. The predicted octanol–water partition coefficient (Wildman–Crippen LogP) is 1.73. The SMILES string of the molecule is COCCOCCOCCOCCOCCOCCOCCOCCOCCOCCOCCOCCC(=O)NCCCC[C@H](NC(=O)[C@H](CN)N1C(=O)C=CC1=O)C(=O)NCCC(=O)Nc1cc(O[C@@H]2O[C@H](C(=O)O)[C@@H](O)[C@H](O)[C@H]2O)ccc1COC(=O)Nc1cccc(C(=O)N(C)CCON(C(=O)CCCCCCNC(=O)Nc2ccncc2)C2CCCCC2)c1. The first kappa shape index (κ1) is 107. The minimum Gasteiger partial charge on any atom is -0.479 e. The Hall–Kier alpha value is -9.62. The van der Waals surface area contributed by atoms with Crippen molar-refractivity contribution in [3.05, 3.63) is 90.3 Å². The van der Waals surface area contributed by atoms with Crippen LogP contribution in [-0.4, -0.2) is 360 Å². The molecule has 3 aliphatic rings. The van der Waals surface area contributed by atoms with E-state index in [1.165, 1.54) is 46.4 Å². The van der Waals surface area contributed by atoms with Crippen molar-refractivity contribution in [1.29, 1.82) is 0 Å². The third-order valence-electron chi connectivity index (χ3n) is 19.7. The number of carbonyl (C=O) groups is 11. The third-order valence-corrected chi connectivity index (χ3v) is 19.7. The number of ether oxygens (including phenoxy) is 15. The number of carboxylic acids is 1. The van der Waals surface area contributed by atoms with Crippen molar-refractivity contribution in [2.45, 2.75) is 152 Å². The van der Waals surface area contributed by atoms with Gasteiger partial charge in [0, 0.05) is 119 Å². The monoisotopic (exact) mass is 1810 g/mol. The molecule has 1 aromatic heterocycles. The van der Waals surface area contributed by atoms with Crippen molar-refractivity contribution in [2.75, 3.05) is 221 Å². The molecule has 1 aliphatic carbocycles. The Kier molecular flexibility index (Phi) is 54.4. The van der Waals surface area contributed by atoms with Crippen LogP contribution in [0.15, 0.2) is 79.1 Å². The van der Waals surface area contributed by atoms with E-state index in [1.54, 1.807) is 44.8 Å². The Bertz CT molecular complexity index is 3760. The molecule has 2 fully saturated rings. The van der Waals surface area contributed by atoms with Gasteiger partial charge < -0.3 is 134 Å². The topological polar surface area (TPSA) is 549 Å². The first-order valence-corrected chi connectivity index (χ1v) is 43.3. The molecule has 43 nitrogen and oxygen atoms in total. The summed E-state index contributed by atoms with van der Waals surface area (Å²) in [5.74, 6) is -6.86. The molecule has 0 unspecified atom stereocenters. The number of hydrogen-bond donors (Lipinski definition) is 12. The van der Waals surface area contributed by atoms with Crippen LogP contribution in [0.3, 0.4) is 0 Å². The van der Waals surface area contributed by atoms with Crippen molar-refractivity contribution in [1.82, 2.24) is 41.1 Å². The lowest BCUT2D eigenvalue weighted by Crippen LogP contribution is -2.61. The Morgan fingerprint density at radius 3 is 1.68 bits per heavy atom. The van der Waals surface area contributed by atoms with Crippen molar-refractivity contribution in [2.24, 2.45) is 5.73 Å². The Labute approximate surface area is 744 Å². The zero-order valence-electron chi connectivity index (χ0n) is 73.1. The third kappa shape index (κ3) is 43.7. The number of likely N-dealkylation sites (N-methyl/N-ethyl adjacent to an activating group) is 1. The number of pyridine rings is 1. The van der Waals surface area contributed by atoms with Gasteiger partial charge in [0.1, 0.15) is 42.8 Å². The van der Waals surface area contributed by atoms with Crippen molar-refractivity contribution < 1.29 is 149 Å². The maximum absolute atomic E-state index is 14.0. The number of aromatic nitrogens is 1. The number of hydroxylamine groups is 2. The van der Waals surface area contributed by atoms with Crippen LogP contribution >= 0.6 is 0 Å². The van der Waals surface area contributed by atoms with Gasteiger partial charge in [0.15, 0.2) is 6.10 Å². The molecule has 1 saturated heterocycles. The highest BCUT2D eigenvalue weighted by Gasteiger charge is 2.48. The van der Waals surface area contributed by atoms with E-state index in [2.05, 4.69) is 42.2 Å². The summed E-state index contributed by atoms with van der Waals surface area (Å²) in [6.45, 7) is 8.73. The number of hydrogen-bond acceptors (Lipinski definition) is 32. The fraction of sp³-hybridized carbons (Fsp3) is 0.647. The van der Waals surface area contributed by atoms with Gasteiger partial charge in [-0.2, -0.15) is 0 Å². The molecule has 43 heteroatoms. The van der Waals surface area contributed by atoms with E-state index >= 15 is 0 Å². The molecule has 7 atom stereocenters. The highest BCUT2D eigenvalue weighted by Crippen LogP contribution is 2.30. The van der Waals surface area contributed by atoms with E-state index < -0.39 is 110 Å². The first-order valence-electron chi connectivity index (χ1n) is 43.3. The van der Waals surface area contributed by atoms with E-state index in [4.69, 9.17) is 81.6 Å². The molecule has 2 aromatic carbocycles. The predicted molar refractivity (Wildman–Crippen MR) is 457 cm³/mol. The standard InChI is InChI=1S/C85H130N12O31/c1-95(32-34-126-97(65-15-6-5-7-16-65)74(102)18-8-3-4-10-28-90-84(111)91-63-23-29-87-30-24-63)81(108)61-13-12-14-64(57-61)92-85(112)125-60-62-19-20-66(127-83-77(105)75(103)76(104)78(128-83)82(109)110)58-68(62)93-71(99)25-31-89-79(106)67(94-80(107)69(59-86)96-72(100)21-22-73(96)101)17-9-11-27-88-70(98)26-33-114-37-38-116-41-42-118-45-46-120-49-50-122-53-54-124-56-55-123-52-51-121-48-47-119-44-43-117-40-39-115-36-35-113-2/h12-14,19-24,29-30,57-58,65,67,69,75-78,83,103-105H,3-11,15-18,25-28,31-56,59-60,86H2,1-2H3,(H,88,98)(H,89,106)(H,92,112)(H,93,99)(H,94,107)(H,109,110)(H2,87,90,91,111)/t67-,69-,75-,76-,77+,78-,83+/m0/s1. The smallest absolute Gasteiger partial charge is 0.411 e. The summed E-state index contributed by atoms with van der Waals surface area (Å²) in [6.07, 6.45) is 1.91. The van der Waals surface area contributed by atoms with Gasteiger partial charge in [0.25, 0.3) is 17.7 Å². The number of methoxy groups -OCH3 is 1. The minimum absolute atomic E-state index is 0.0136. The van der Waals surface area contributed by atoms with Gasteiger partial charge in [-0.25, -0.2) is 19.4 Å². The first-order chi connectivity index (χ1) is 62.2. The van der Waals surface area contributed by atoms with E-state index in [9.17, 15) is 73.2 Å². The highest BCUT2D eigenvalue weighted by molar-refractivity contribution is 6.15. The molecule has 11 amide bonds. The highest BCUT2D eigenvalue weighted by atomic mass is 16.7. The summed E-state index contributed by atoms with van der Waals surface area (Å²) < 4.78 is 81.9. The molecule has 3 heterocycles. The number of aliphatic hydroxyl groups excluding tert-OH is 3. The van der Waals surface area contributed by atoms with Crippen molar-refractivity contribution in [3.63, 3.8) is 0 Å². The summed E-state index contributed by atoms with van der Waals surface area (Å²) in [5, 5.41) is 61.5. The number of nitrogens with two attached hydrogens (primary N) is 1. The van der Waals surface area contributed by atoms with Crippen LogP contribution in [-0.2, 0) is 116 Å². The number of carbonyl (C=O) groups excluding carboxylic acids is 10. The molecule has 6 rings (SSSR count). The average Bonchev–Trinajstić information content (AvgIpc) is 0.990. The average molecular weight is 1820 g/mol. The molecule has 3 aromatic rings. The van der Waals surface area contributed by atoms with E-state index in [0.717, 1.165) is 63.5 Å². The van der Waals surface area contributed by atoms with Crippen molar-refractivity contribution >= 4 is 82.4 Å².